The highest BCUT2D eigenvalue weighted by Gasteiger charge is 2.55. The highest BCUT2D eigenvalue weighted by atomic mass is 16.6. The molecule has 1 amide bonds. The second-order valence-corrected chi connectivity index (χ2v) is 12.2. The van der Waals surface area contributed by atoms with Gasteiger partial charge in [0.05, 0.1) is 5.92 Å². The standard InChI is InChI=1S/C32H57NO5/c1-3-5-6-7-8-9-10-11-12-13-14-15-16-17-18-21-25(24-28-26(4-2)29(34)38-28)27-22-19-20-23-32(27,30(33)35)31(36)37/h25-28H,3-24H2,1-2H3,(H2,33,35)(H,36,37)/t25?,26-,27?,28-,32+/m1/s1. The van der Waals surface area contributed by atoms with E-state index in [0.29, 0.717) is 25.7 Å². The van der Waals surface area contributed by atoms with Crippen LogP contribution in [0.2, 0.25) is 0 Å². The molecule has 6 heteroatoms. The van der Waals surface area contributed by atoms with Gasteiger partial charge in [-0.05, 0) is 43.9 Å². The normalized spacial score (nSPS) is 25.9. The fraction of sp³-hybridized carbons (Fsp3) is 0.906. The number of ether oxygens (including phenoxy) is 1. The van der Waals surface area contributed by atoms with E-state index in [-0.39, 0.29) is 29.8 Å². The van der Waals surface area contributed by atoms with Crippen molar-refractivity contribution in [3.63, 3.8) is 0 Å². The van der Waals surface area contributed by atoms with Gasteiger partial charge < -0.3 is 15.6 Å². The van der Waals surface area contributed by atoms with E-state index in [0.717, 1.165) is 32.1 Å². The van der Waals surface area contributed by atoms with Crippen LogP contribution in [0.3, 0.4) is 0 Å². The summed E-state index contributed by atoms with van der Waals surface area (Å²) in [5.74, 6) is -2.27. The number of nitrogens with two attached hydrogens (primary N) is 1. The summed E-state index contributed by atoms with van der Waals surface area (Å²) >= 11 is 0. The largest absolute Gasteiger partial charge is 0.480 e. The molecule has 1 saturated carbocycles. The van der Waals surface area contributed by atoms with Gasteiger partial charge in [-0.3, -0.25) is 14.4 Å². The van der Waals surface area contributed by atoms with E-state index in [4.69, 9.17) is 10.5 Å². The van der Waals surface area contributed by atoms with Crippen molar-refractivity contribution < 1.29 is 24.2 Å². The van der Waals surface area contributed by atoms with Crippen LogP contribution in [0.15, 0.2) is 0 Å². The summed E-state index contributed by atoms with van der Waals surface area (Å²) in [6.45, 7) is 4.26. The lowest BCUT2D eigenvalue weighted by Crippen LogP contribution is -2.54. The number of unbranched alkanes of at least 4 members (excludes halogenated alkanes) is 14. The van der Waals surface area contributed by atoms with E-state index < -0.39 is 17.3 Å². The van der Waals surface area contributed by atoms with Crippen molar-refractivity contribution in [1.29, 1.82) is 0 Å². The van der Waals surface area contributed by atoms with Crippen LogP contribution in [-0.4, -0.2) is 29.1 Å². The molecule has 2 fully saturated rings. The number of primary amides is 1. The zero-order chi connectivity index (χ0) is 27.8. The van der Waals surface area contributed by atoms with Gasteiger partial charge in [0.2, 0.25) is 5.91 Å². The van der Waals surface area contributed by atoms with Crippen LogP contribution >= 0.6 is 0 Å². The van der Waals surface area contributed by atoms with Gasteiger partial charge in [0, 0.05) is 0 Å². The molecule has 2 rings (SSSR count). The summed E-state index contributed by atoms with van der Waals surface area (Å²) in [5, 5.41) is 10.1. The maximum atomic E-state index is 12.5. The number of carbonyl (C=O) groups is 3. The Bertz CT molecular complexity index is 694. The van der Waals surface area contributed by atoms with Crippen LogP contribution < -0.4 is 5.73 Å². The number of aliphatic carboxylic acids is 1. The zero-order valence-corrected chi connectivity index (χ0v) is 24.5. The fourth-order valence-electron chi connectivity index (χ4n) is 7.11. The van der Waals surface area contributed by atoms with Gasteiger partial charge in [-0.1, -0.05) is 123 Å². The van der Waals surface area contributed by atoms with Crippen LogP contribution in [0.25, 0.3) is 0 Å². The Kier molecular flexibility index (Phi) is 15.4. The van der Waals surface area contributed by atoms with E-state index in [1.54, 1.807) is 0 Å². The molecule has 2 aliphatic rings. The minimum absolute atomic E-state index is 0.0352. The van der Waals surface area contributed by atoms with Gasteiger partial charge >= 0.3 is 11.9 Å². The first-order chi connectivity index (χ1) is 18.4. The lowest BCUT2D eigenvalue weighted by molar-refractivity contribution is -0.189. The Morgan fingerprint density at radius 1 is 0.895 bits per heavy atom. The topological polar surface area (TPSA) is 107 Å². The van der Waals surface area contributed by atoms with Gasteiger partial charge in [0.1, 0.15) is 11.5 Å². The van der Waals surface area contributed by atoms with Crippen LogP contribution in [0.4, 0.5) is 0 Å². The van der Waals surface area contributed by atoms with Crippen LogP contribution in [0, 0.1) is 23.2 Å². The Labute approximate surface area is 232 Å². The smallest absolute Gasteiger partial charge is 0.319 e. The molecule has 1 aliphatic carbocycles. The number of carbonyl (C=O) groups excluding carboxylic acids is 2. The van der Waals surface area contributed by atoms with E-state index in [1.807, 2.05) is 6.92 Å². The van der Waals surface area contributed by atoms with E-state index >= 15 is 0 Å². The summed E-state index contributed by atoms with van der Waals surface area (Å²) in [6.07, 6.45) is 24.4. The SMILES string of the molecule is CCCCCCCCCCCCCCCCCC(C[C@H]1OC(=O)[C@@H]1CC)C1CCCC[C@]1(C(N)=O)C(=O)O. The lowest BCUT2D eigenvalue weighted by atomic mass is 9.59. The van der Waals surface area contributed by atoms with Gasteiger partial charge in [-0.15, -0.1) is 0 Å². The number of hydrogen-bond acceptors (Lipinski definition) is 4. The number of carboxylic acid groups (broad SMARTS) is 1. The van der Waals surface area contributed by atoms with Gasteiger partial charge in [0.25, 0.3) is 0 Å². The summed E-state index contributed by atoms with van der Waals surface area (Å²) in [5.41, 5.74) is 4.27. The van der Waals surface area contributed by atoms with Crippen molar-refractivity contribution in [1.82, 2.24) is 0 Å². The second kappa shape index (κ2) is 17.9. The molecule has 3 N–H and O–H groups in total. The highest BCUT2D eigenvalue weighted by Crippen LogP contribution is 2.49. The van der Waals surface area contributed by atoms with Crippen molar-refractivity contribution in [3.8, 4) is 0 Å². The third-order valence-electron chi connectivity index (χ3n) is 9.53. The lowest BCUT2D eigenvalue weighted by Gasteiger charge is -2.45. The second-order valence-electron chi connectivity index (χ2n) is 12.2. The number of amides is 1. The fourth-order valence-corrected chi connectivity index (χ4v) is 7.11. The summed E-state index contributed by atoms with van der Waals surface area (Å²) in [7, 11) is 0. The average molecular weight is 536 g/mol. The van der Waals surface area contributed by atoms with E-state index in [9.17, 15) is 19.5 Å². The summed E-state index contributed by atoms with van der Waals surface area (Å²) in [4.78, 5) is 36.8. The molecule has 38 heavy (non-hydrogen) atoms. The number of hydrogen-bond donors (Lipinski definition) is 2. The molecule has 6 nitrogen and oxygen atoms in total. The Morgan fingerprint density at radius 2 is 1.42 bits per heavy atom. The maximum absolute atomic E-state index is 12.5. The van der Waals surface area contributed by atoms with Crippen molar-refractivity contribution in [2.75, 3.05) is 0 Å². The van der Waals surface area contributed by atoms with Gasteiger partial charge in [-0.2, -0.15) is 0 Å². The third kappa shape index (κ3) is 9.55. The molecule has 1 aliphatic heterocycles. The van der Waals surface area contributed by atoms with Crippen molar-refractivity contribution in [2.45, 2.75) is 161 Å². The van der Waals surface area contributed by atoms with Gasteiger partial charge in [-0.25, -0.2) is 0 Å². The first-order valence-corrected chi connectivity index (χ1v) is 16.1. The molecule has 0 aromatic rings. The predicted molar refractivity (Wildman–Crippen MR) is 153 cm³/mol. The molecular weight excluding hydrogens is 478 g/mol. The van der Waals surface area contributed by atoms with Gasteiger partial charge in [0.15, 0.2) is 0 Å². The van der Waals surface area contributed by atoms with E-state index in [1.165, 1.54) is 83.5 Å². The molecule has 220 valence electrons. The maximum Gasteiger partial charge on any atom is 0.319 e. The number of carboxylic acids is 1. The van der Waals surface area contributed by atoms with Crippen molar-refractivity contribution in [2.24, 2.45) is 28.9 Å². The zero-order valence-electron chi connectivity index (χ0n) is 24.5. The minimum Gasteiger partial charge on any atom is -0.480 e. The minimum atomic E-state index is -1.49. The first-order valence-electron chi connectivity index (χ1n) is 16.1. The Hall–Kier alpha value is -1.59. The Balaban J connectivity index is 1.74. The quantitative estimate of drug-likeness (QED) is 0.0831. The molecule has 2 unspecified atom stereocenters. The average Bonchev–Trinajstić information content (AvgIpc) is 2.89. The summed E-state index contributed by atoms with van der Waals surface area (Å²) in [6, 6.07) is 0. The molecule has 0 radical (unpaired) electrons. The highest BCUT2D eigenvalue weighted by molar-refractivity contribution is 6.01. The molecular formula is C32H57NO5. The number of rotatable bonds is 22. The monoisotopic (exact) mass is 535 g/mol. The van der Waals surface area contributed by atoms with Crippen molar-refractivity contribution >= 4 is 17.8 Å². The van der Waals surface area contributed by atoms with Crippen LogP contribution in [0.1, 0.15) is 155 Å². The molecule has 5 atom stereocenters. The molecule has 0 aromatic carbocycles. The molecule has 1 saturated heterocycles. The Morgan fingerprint density at radius 3 is 1.87 bits per heavy atom. The third-order valence-corrected chi connectivity index (χ3v) is 9.53. The van der Waals surface area contributed by atoms with Crippen LogP contribution in [0.5, 0.6) is 0 Å². The molecule has 0 spiro atoms. The summed E-state index contributed by atoms with van der Waals surface area (Å²) < 4.78 is 5.48. The number of cyclic esters (lactones) is 1. The first kappa shape index (κ1) is 32.6. The molecule has 0 aromatic heterocycles. The van der Waals surface area contributed by atoms with Crippen LogP contribution in [-0.2, 0) is 19.1 Å². The molecule has 0 bridgehead atoms. The molecule has 1 heterocycles. The van der Waals surface area contributed by atoms with E-state index in [2.05, 4.69) is 6.92 Å². The van der Waals surface area contributed by atoms with Crippen molar-refractivity contribution in [3.05, 3.63) is 0 Å². The predicted octanol–water partition coefficient (Wildman–Crippen LogP) is 7.95. The number of esters is 1.